The second-order valence-electron chi connectivity index (χ2n) is 9.95. The van der Waals surface area contributed by atoms with Gasteiger partial charge >= 0.3 is 6.18 Å². The van der Waals surface area contributed by atoms with Crippen molar-refractivity contribution >= 4 is 11.8 Å². The molecule has 11 heteroatoms. The maximum absolute atomic E-state index is 12.9. The predicted molar refractivity (Wildman–Crippen MR) is 132 cm³/mol. The lowest BCUT2D eigenvalue weighted by atomic mass is 9.77. The number of β-amino-alcohol motifs (C(OH)–C–C–N with tert-alkyl or cyclic N) is 1. The number of ether oxygens (including phenoxy) is 1. The molecule has 1 aliphatic heterocycles. The maximum atomic E-state index is 12.9. The predicted octanol–water partition coefficient (Wildman–Crippen LogP) is 2.44. The van der Waals surface area contributed by atoms with Crippen LogP contribution in [0.15, 0.2) is 48.5 Å². The molecule has 2 aromatic rings. The van der Waals surface area contributed by atoms with E-state index < -0.39 is 47.8 Å². The molecule has 0 radical (unpaired) electrons. The first kappa shape index (κ1) is 27.9. The highest BCUT2D eigenvalue weighted by molar-refractivity contribution is 5.96. The van der Waals surface area contributed by atoms with Crippen LogP contribution in [0.25, 0.3) is 0 Å². The second-order valence-corrected chi connectivity index (χ2v) is 9.95. The molecule has 2 amide bonds. The molecule has 1 saturated carbocycles. The van der Waals surface area contributed by atoms with E-state index in [1.165, 1.54) is 6.07 Å². The Bertz CT molecular complexity index is 1150. The minimum absolute atomic E-state index is 0.137. The Morgan fingerprint density at radius 3 is 2.50 bits per heavy atom. The summed E-state index contributed by atoms with van der Waals surface area (Å²) < 4.78 is 43.9. The third kappa shape index (κ3) is 6.46. The van der Waals surface area contributed by atoms with Gasteiger partial charge in [-0.15, -0.1) is 0 Å². The number of methoxy groups -OCH3 is 1. The average Bonchev–Trinajstić information content (AvgIpc) is 3.26. The first-order valence-corrected chi connectivity index (χ1v) is 12.5. The van der Waals surface area contributed by atoms with Gasteiger partial charge in [-0.25, -0.2) is 0 Å². The first-order valence-electron chi connectivity index (χ1n) is 12.5. The summed E-state index contributed by atoms with van der Waals surface area (Å²) in [6, 6.07) is 11.0. The lowest BCUT2D eigenvalue weighted by molar-refractivity contribution is -0.137. The molecule has 2 fully saturated rings. The van der Waals surface area contributed by atoms with Gasteiger partial charge < -0.3 is 25.6 Å². The Morgan fingerprint density at radius 1 is 1.11 bits per heavy atom. The molecule has 8 nitrogen and oxygen atoms in total. The van der Waals surface area contributed by atoms with Crippen molar-refractivity contribution in [3.63, 3.8) is 0 Å². The maximum Gasteiger partial charge on any atom is 0.416 e. The fraction of sp³-hybridized carbons (Fsp3) is 0.481. The van der Waals surface area contributed by atoms with Gasteiger partial charge in [-0.3, -0.25) is 14.5 Å². The number of halogens is 3. The molecule has 4 rings (SSSR count). The van der Waals surface area contributed by atoms with Crippen LogP contribution in [-0.4, -0.2) is 71.9 Å². The highest BCUT2D eigenvalue weighted by Crippen LogP contribution is 2.40. The van der Waals surface area contributed by atoms with Gasteiger partial charge in [-0.1, -0.05) is 18.2 Å². The number of hydrogen-bond donors (Lipinski definition) is 4. The summed E-state index contributed by atoms with van der Waals surface area (Å²) in [5, 5.41) is 26.8. The number of aliphatic hydroxyl groups excluding tert-OH is 1. The van der Waals surface area contributed by atoms with Gasteiger partial charge in [0.15, 0.2) is 0 Å². The van der Waals surface area contributed by atoms with Crippen molar-refractivity contribution in [3.8, 4) is 5.75 Å². The number of carbonyl (C=O) groups excluding carboxylic acids is 2. The molecule has 0 spiro atoms. The van der Waals surface area contributed by atoms with E-state index in [4.69, 9.17) is 4.74 Å². The van der Waals surface area contributed by atoms with Crippen molar-refractivity contribution in [2.75, 3.05) is 26.7 Å². The van der Waals surface area contributed by atoms with Gasteiger partial charge in [-0.05, 0) is 61.6 Å². The van der Waals surface area contributed by atoms with E-state index in [0.717, 1.165) is 23.8 Å². The molecule has 1 heterocycles. The summed E-state index contributed by atoms with van der Waals surface area (Å²) in [7, 11) is 1.58. The first-order chi connectivity index (χ1) is 18.0. The number of hydrogen-bond acceptors (Lipinski definition) is 6. The van der Waals surface area contributed by atoms with E-state index in [9.17, 15) is 33.0 Å². The normalized spacial score (nSPS) is 26.1. The number of aliphatic hydroxyl groups is 2. The summed E-state index contributed by atoms with van der Waals surface area (Å²) in [6.07, 6.45) is -2.85. The minimum Gasteiger partial charge on any atom is -0.497 e. The van der Waals surface area contributed by atoms with E-state index in [-0.39, 0.29) is 11.6 Å². The monoisotopic (exact) mass is 535 g/mol. The van der Waals surface area contributed by atoms with Crippen LogP contribution in [0.3, 0.4) is 0 Å². The number of benzene rings is 2. The quantitative estimate of drug-likeness (QED) is 0.434. The summed E-state index contributed by atoms with van der Waals surface area (Å²) in [5.74, 6) is -0.664. The van der Waals surface area contributed by atoms with E-state index in [1.54, 1.807) is 7.11 Å². The number of nitrogens with zero attached hydrogens (tertiary/aromatic N) is 1. The lowest BCUT2D eigenvalue weighted by Crippen LogP contribution is -2.47. The molecule has 2 aliphatic rings. The highest BCUT2D eigenvalue weighted by atomic mass is 19.4. The van der Waals surface area contributed by atoms with Gasteiger partial charge in [0, 0.05) is 24.7 Å². The van der Waals surface area contributed by atoms with Crippen LogP contribution in [0.4, 0.5) is 13.2 Å². The van der Waals surface area contributed by atoms with Crippen molar-refractivity contribution in [1.82, 2.24) is 15.5 Å². The molecular formula is C27H32F3N3O5. The zero-order valence-electron chi connectivity index (χ0n) is 21.0. The van der Waals surface area contributed by atoms with E-state index in [0.29, 0.717) is 44.5 Å². The third-order valence-corrected chi connectivity index (χ3v) is 7.43. The van der Waals surface area contributed by atoms with E-state index >= 15 is 0 Å². The molecule has 1 aliphatic carbocycles. The number of rotatable bonds is 7. The van der Waals surface area contributed by atoms with Crippen LogP contribution in [0.1, 0.15) is 47.2 Å². The molecular weight excluding hydrogens is 503 g/mol. The Hall–Kier alpha value is -3.15. The Kier molecular flexibility index (Phi) is 8.29. The van der Waals surface area contributed by atoms with Crippen molar-refractivity contribution < 1.29 is 37.7 Å². The van der Waals surface area contributed by atoms with E-state index in [1.807, 2.05) is 24.3 Å². The minimum atomic E-state index is -4.58. The third-order valence-electron chi connectivity index (χ3n) is 7.43. The lowest BCUT2D eigenvalue weighted by Gasteiger charge is -2.40. The molecule has 1 saturated heterocycles. The zero-order chi connectivity index (χ0) is 27.5. The van der Waals surface area contributed by atoms with E-state index in [2.05, 4.69) is 15.5 Å². The Labute approximate surface area is 218 Å². The number of amides is 2. The smallest absolute Gasteiger partial charge is 0.416 e. The Morgan fingerprint density at radius 2 is 1.82 bits per heavy atom. The summed E-state index contributed by atoms with van der Waals surface area (Å²) in [5.41, 5.74) is -1.29. The Balaban J connectivity index is 1.25. The second kappa shape index (κ2) is 11.3. The summed E-state index contributed by atoms with van der Waals surface area (Å²) in [4.78, 5) is 26.7. The van der Waals surface area contributed by atoms with Gasteiger partial charge in [0.25, 0.3) is 5.91 Å². The van der Waals surface area contributed by atoms with Crippen molar-refractivity contribution in [2.45, 2.75) is 55.6 Å². The summed E-state index contributed by atoms with van der Waals surface area (Å²) >= 11 is 0. The van der Waals surface area contributed by atoms with Gasteiger partial charge in [0.05, 0.1) is 37.0 Å². The van der Waals surface area contributed by atoms with Crippen LogP contribution in [0.5, 0.6) is 5.75 Å². The largest absolute Gasteiger partial charge is 0.497 e. The zero-order valence-corrected chi connectivity index (χ0v) is 21.0. The molecule has 2 atom stereocenters. The van der Waals surface area contributed by atoms with Crippen LogP contribution < -0.4 is 15.4 Å². The van der Waals surface area contributed by atoms with Crippen LogP contribution in [-0.2, 0) is 16.6 Å². The molecule has 0 unspecified atom stereocenters. The fourth-order valence-electron chi connectivity index (χ4n) is 5.26. The topological polar surface area (TPSA) is 111 Å². The highest BCUT2D eigenvalue weighted by Gasteiger charge is 2.41. The fourth-order valence-corrected chi connectivity index (χ4v) is 5.26. The van der Waals surface area contributed by atoms with Crippen LogP contribution in [0.2, 0.25) is 0 Å². The van der Waals surface area contributed by atoms with Gasteiger partial charge in [0.2, 0.25) is 5.91 Å². The number of alkyl halides is 3. The number of nitrogens with one attached hydrogen (secondary N) is 2. The number of carbonyl (C=O) groups is 2. The average molecular weight is 536 g/mol. The molecule has 0 aromatic heterocycles. The van der Waals surface area contributed by atoms with Gasteiger partial charge in [-0.2, -0.15) is 13.2 Å². The van der Waals surface area contributed by atoms with Crippen molar-refractivity contribution in [2.24, 2.45) is 0 Å². The van der Waals surface area contributed by atoms with Gasteiger partial charge in [0.1, 0.15) is 5.75 Å². The molecule has 2 aromatic carbocycles. The molecule has 4 N–H and O–H groups in total. The van der Waals surface area contributed by atoms with Crippen LogP contribution >= 0.6 is 0 Å². The molecule has 0 bridgehead atoms. The standard InChI is InChI=1S/C27H32F3N3O5/c1-38-21-7-3-5-18(13-21)26(37)10-8-20(9-11-26)33-15-22(23(34)16-33)32-24(35)14-31-25(36)17-4-2-6-19(12-17)27(28,29)30/h2-7,12-13,20,22-23,34,37H,8-11,14-16H2,1H3,(H,31,36)(H,32,35)/t20?,22-,23+,26?/m0/s1. The van der Waals surface area contributed by atoms with Crippen molar-refractivity contribution in [3.05, 3.63) is 65.2 Å². The van der Waals surface area contributed by atoms with Crippen molar-refractivity contribution in [1.29, 1.82) is 0 Å². The summed E-state index contributed by atoms with van der Waals surface area (Å²) in [6.45, 7) is 0.343. The SMILES string of the molecule is COc1cccc(C2(O)CCC(N3C[C@@H](O)[C@@H](NC(=O)CNC(=O)c4cccc(C(F)(F)F)c4)C3)CC2)c1. The molecule has 206 valence electrons. The van der Waals surface area contributed by atoms with Crippen LogP contribution in [0, 0.1) is 0 Å². The molecule has 38 heavy (non-hydrogen) atoms. The number of likely N-dealkylation sites (tertiary alicyclic amines) is 1.